The highest BCUT2D eigenvalue weighted by Crippen LogP contribution is 2.24. The minimum absolute atomic E-state index is 0.244. The Kier molecular flexibility index (Phi) is 6.44. The maximum absolute atomic E-state index is 13.1. The Morgan fingerprint density at radius 2 is 1.90 bits per heavy atom. The molecule has 0 saturated carbocycles. The molecule has 7 heteroatoms. The average Bonchev–Trinajstić information content (AvgIpc) is 3.32. The van der Waals surface area contributed by atoms with Crippen LogP contribution in [0.3, 0.4) is 0 Å². The Hall–Kier alpha value is -2.99. The molecule has 6 nitrogen and oxygen atoms in total. The molecule has 0 radical (unpaired) electrons. The number of esters is 1. The first-order valence-corrected chi connectivity index (χ1v) is 9.71. The van der Waals surface area contributed by atoms with E-state index < -0.39 is 5.97 Å². The van der Waals surface area contributed by atoms with Crippen LogP contribution < -0.4 is 0 Å². The van der Waals surface area contributed by atoms with Gasteiger partial charge in [-0.1, -0.05) is 29.8 Å². The highest BCUT2D eigenvalue weighted by atomic mass is 35.5. The lowest BCUT2D eigenvalue weighted by Crippen LogP contribution is -2.30. The largest absolute Gasteiger partial charge is 0.461 e. The van der Waals surface area contributed by atoms with Gasteiger partial charge in [0.1, 0.15) is 5.69 Å². The van der Waals surface area contributed by atoms with Gasteiger partial charge in [-0.2, -0.15) is 0 Å². The molecule has 0 aliphatic rings. The number of ether oxygens (including phenoxy) is 1. The number of H-pyrrole nitrogens is 1. The number of amides is 1. The second-order valence-corrected chi connectivity index (χ2v) is 7.09. The molecule has 1 amide bonds. The Balaban J connectivity index is 1.94. The summed E-state index contributed by atoms with van der Waals surface area (Å²) in [6, 6.07) is 10.7. The minimum Gasteiger partial charge on any atom is -0.461 e. The van der Waals surface area contributed by atoms with Crippen molar-refractivity contribution in [2.24, 2.45) is 0 Å². The number of hydrogen-bond donors (Lipinski definition) is 1. The minimum atomic E-state index is -0.408. The second kappa shape index (κ2) is 9.01. The van der Waals surface area contributed by atoms with Gasteiger partial charge in [0.05, 0.1) is 12.9 Å². The number of carbonyl (C=O) groups is 2. The molecule has 0 spiro atoms. The molecule has 0 fully saturated rings. The van der Waals surface area contributed by atoms with E-state index in [0.29, 0.717) is 30.4 Å². The molecule has 0 atom stereocenters. The Morgan fingerprint density at radius 1 is 1.14 bits per heavy atom. The van der Waals surface area contributed by atoms with Gasteiger partial charge in [0.25, 0.3) is 5.91 Å². The van der Waals surface area contributed by atoms with Gasteiger partial charge in [0.15, 0.2) is 5.76 Å². The number of carbonyl (C=O) groups excluding carboxylic acids is 2. The fourth-order valence-electron chi connectivity index (χ4n) is 3.21. The molecule has 0 bridgehead atoms. The van der Waals surface area contributed by atoms with Crippen molar-refractivity contribution in [1.82, 2.24) is 9.88 Å². The van der Waals surface area contributed by atoms with Crippen molar-refractivity contribution in [2.75, 3.05) is 6.61 Å². The Labute approximate surface area is 174 Å². The van der Waals surface area contributed by atoms with Gasteiger partial charge in [-0.25, -0.2) is 4.79 Å². The maximum atomic E-state index is 13.1. The Morgan fingerprint density at radius 3 is 2.55 bits per heavy atom. The third-order valence-electron chi connectivity index (χ3n) is 4.76. The first-order valence-electron chi connectivity index (χ1n) is 9.33. The lowest BCUT2D eigenvalue weighted by molar-refractivity contribution is 0.0519. The van der Waals surface area contributed by atoms with Gasteiger partial charge in [0.2, 0.25) is 0 Å². The lowest BCUT2D eigenvalue weighted by Gasteiger charge is -2.23. The van der Waals surface area contributed by atoms with E-state index in [4.69, 9.17) is 20.8 Å². The van der Waals surface area contributed by atoms with Crippen molar-refractivity contribution < 1.29 is 18.7 Å². The van der Waals surface area contributed by atoms with Crippen LogP contribution >= 0.6 is 11.6 Å². The van der Waals surface area contributed by atoms with Crippen LogP contribution in [0.25, 0.3) is 0 Å². The summed E-state index contributed by atoms with van der Waals surface area (Å²) in [5.74, 6) is -0.421. The van der Waals surface area contributed by atoms with Crippen molar-refractivity contribution in [2.45, 2.75) is 33.9 Å². The zero-order chi connectivity index (χ0) is 21.0. The number of nitrogens with one attached hydrogen (secondary N) is 1. The van der Waals surface area contributed by atoms with Gasteiger partial charge >= 0.3 is 5.97 Å². The highest BCUT2D eigenvalue weighted by molar-refractivity contribution is 6.31. The molecular formula is C22H23ClN2O4. The summed E-state index contributed by atoms with van der Waals surface area (Å²) in [7, 11) is 0. The number of halogens is 1. The summed E-state index contributed by atoms with van der Waals surface area (Å²) >= 11 is 6.32. The Bertz CT molecular complexity index is 1010. The lowest BCUT2D eigenvalue weighted by atomic mass is 10.1. The third-order valence-corrected chi connectivity index (χ3v) is 5.13. The molecule has 3 aromatic rings. The molecule has 0 aliphatic heterocycles. The summed E-state index contributed by atoms with van der Waals surface area (Å²) in [4.78, 5) is 30.0. The number of hydrogen-bond acceptors (Lipinski definition) is 4. The van der Waals surface area contributed by atoms with Crippen LogP contribution in [0.15, 0.2) is 47.1 Å². The van der Waals surface area contributed by atoms with Crippen LogP contribution in [-0.4, -0.2) is 28.4 Å². The number of rotatable bonds is 7. The first kappa shape index (κ1) is 20.7. The van der Waals surface area contributed by atoms with Crippen LogP contribution in [-0.2, 0) is 17.8 Å². The van der Waals surface area contributed by atoms with Crippen molar-refractivity contribution in [3.8, 4) is 0 Å². The van der Waals surface area contributed by atoms with Gasteiger partial charge in [-0.3, -0.25) is 4.79 Å². The van der Waals surface area contributed by atoms with Crippen LogP contribution in [0.2, 0.25) is 5.02 Å². The number of aromatic amines is 1. The number of aryl methyl sites for hydroxylation is 1. The van der Waals surface area contributed by atoms with E-state index in [0.717, 1.165) is 22.4 Å². The standard InChI is InChI=1S/C22H23ClN2O4/c1-4-28-22(27)20-14(2)17(15(3)24-20)13-25(21(26)19-10-7-11-29-19)12-16-8-5-6-9-18(16)23/h5-11,24H,4,12-13H2,1-3H3. The monoisotopic (exact) mass is 414 g/mol. The van der Waals surface area contributed by atoms with Crippen molar-refractivity contribution in [1.29, 1.82) is 0 Å². The first-order chi connectivity index (χ1) is 13.9. The van der Waals surface area contributed by atoms with E-state index in [9.17, 15) is 9.59 Å². The number of nitrogens with zero attached hydrogens (tertiary/aromatic N) is 1. The summed E-state index contributed by atoms with van der Waals surface area (Å²) in [5.41, 5.74) is 3.66. The smallest absolute Gasteiger partial charge is 0.355 e. The van der Waals surface area contributed by atoms with E-state index in [1.807, 2.05) is 32.0 Å². The molecule has 2 heterocycles. The van der Waals surface area contributed by atoms with E-state index in [-0.39, 0.29) is 11.7 Å². The topological polar surface area (TPSA) is 75.5 Å². The van der Waals surface area contributed by atoms with Crippen LogP contribution in [0.1, 0.15) is 50.4 Å². The zero-order valence-corrected chi connectivity index (χ0v) is 17.4. The summed E-state index contributed by atoms with van der Waals surface area (Å²) in [6.45, 7) is 6.36. The van der Waals surface area contributed by atoms with E-state index in [1.165, 1.54) is 6.26 Å². The van der Waals surface area contributed by atoms with Gasteiger partial charge < -0.3 is 19.0 Å². The van der Waals surface area contributed by atoms with Crippen molar-refractivity contribution in [3.63, 3.8) is 0 Å². The predicted octanol–water partition coefficient (Wildman–Crippen LogP) is 4.90. The summed E-state index contributed by atoms with van der Waals surface area (Å²) < 4.78 is 10.4. The van der Waals surface area contributed by atoms with Crippen molar-refractivity contribution >= 4 is 23.5 Å². The van der Waals surface area contributed by atoms with Gasteiger partial charge in [-0.05, 0) is 55.7 Å². The second-order valence-electron chi connectivity index (χ2n) is 6.68. The molecule has 0 unspecified atom stereocenters. The number of benzene rings is 1. The maximum Gasteiger partial charge on any atom is 0.355 e. The summed E-state index contributed by atoms with van der Waals surface area (Å²) in [5, 5.41) is 0.583. The molecule has 152 valence electrons. The average molecular weight is 415 g/mol. The SMILES string of the molecule is CCOC(=O)c1[nH]c(C)c(CN(Cc2ccccc2Cl)C(=O)c2ccco2)c1C. The molecule has 0 aliphatic carbocycles. The third kappa shape index (κ3) is 4.54. The molecule has 1 aromatic carbocycles. The van der Waals surface area contributed by atoms with E-state index in [2.05, 4.69) is 4.98 Å². The quantitative estimate of drug-likeness (QED) is 0.558. The molecule has 29 heavy (non-hydrogen) atoms. The van der Waals surface area contributed by atoms with E-state index in [1.54, 1.807) is 30.0 Å². The highest BCUT2D eigenvalue weighted by Gasteiger charge is 2.24. The molecular weight excluding hydrogens is 392 g/mol. The van der Waals surface area contributed by atoms with Crippen LogP contribution in [0.4, 0.5) is 0 Å². The van der Waals surface area contributed by atoms with Crippen molar-refractivity contribution in [3.05, 3.63) is 81.5 Å². The van der Waals surface area contributed by atoms with Crippen LogP contribution in [0, 0.1) is 13.8 Å². The number of furan rings is 1. The normalized spacial score (nSPS) is 10.8. The number of aromatic nitrogens is 1. The molecule has 1 N–H and O–H groups in total. The predicted molar refractivity (Wildman–Crippen MR) is 110 cm³/mol. The van der Waals surface area contributed by atoms with E-state index >= 15 is 0 Å². The zero-order valence-electron chi connectivity index (χ0n) is 16.6. The molecule has 0 saturated heterocycles. The fraction of sp³-hybridized carbons (Fsp3) is 0.273. The van der Waals surface area contributed by atoms with Gasteiger partial charge in [0, 0.05) is 23.8 Å². The van der Waals surface area contributed by atoms with Crippen LogP contribution in [0.5, 0.6) is 0 Å². The van der Waals surface area contributed by atoms with Gasteiger partial charge in [-0.15, -0.1) is 0 Å². The summed E-state index contributed by atoms with van der Waals surface area (Å²) in [6.07, 6.45) is 1.46. The fourth-order valence-corrected chi connectivity index (χ4v) is 3.41. The molecule has 3 rings (SSSR count). The molecule has 2 aromatic heterocycles.